The van der Waals surface area contributed by atoms with Gasteiger partial charge in [0.05, 0.1) is 12.6 Å². The van der Waals surface area contributed by atoms with E-state index in [1.54, 1.807) is 0 Å². The lowest BCUT2D eigenvalue weighted by Crippen LogP contribution is -2.34. The number of benzene rings is 1. The number of hydrogen-bond acceptors (Lipinski definition) is 2. The lowest BCUT2D eigenvalue weighted by atomic mass is 10.0. The summed E-state index contributed by atoms with van der Waals surface area (Å²) in [6, 6.07) is 6.93. The third-order valence-electron chi connectivity index (χ3n) is 4.01. The van der Waals surface area contributed by atoms with E-state index in [1.807, 2.05) is 0 Å². The van der Waals surface area contributed by atoms with Gasteiger partial charge in [-0.2, -0.15) is 0 Å². The van der Waals surface area contributed by atoms with Crippen molar-refractivity contribution in [3.63, 3.8) is 0 Å². The minimum atomic E-state index is 0.0399. The second-order valence-corrected chi connectivity index (χ2v) is 6.47. The molecule has 0 amide bonds. The molecule has 2 rings (SSSR count). The molecule has 0 heterocycles. The van der Waals surface area contributed by atoms with Crippen LogP contribution in [0.25, 0.3) is 0 Å². The molecule has 1 aromatic carbocycles. The first-order valence-electron chi connectivity index (χ1n) is 7.33. The predicted molar refractivity (Wildman–Crippen MR) is 83.3 cm³/mol. The van der Waals surface area contributed by atoms with Crippen molar-refractivity contribution in [3.05, 3.63) is 33.8 Å². The molecule has 0 bridgehead atoms. The van der Waals surface area contributed by atoms with Crippen LogP contribution in [0, 0.1) is 6.92 Å². The molecule has 3 heteroatoms. The minimum absolute atomic E-state index is 0.0399. The molecule has 1 unspecified atom stereocenters. The number of aryl methyl sites for hydroxylation is 1. The molecule has 1 saturated carbocycles. The van der Waals surface area contributed by atoms with Crippen molar-refractivity contribution in [1.82, 2.24) is 5.32 Å². The summed E-state index contributed by atoms with van der Waals surface area (Å²) < 4.78 is 1.09. The van der Waals surface area contributed by atoms with Crippen molar-refractivity contribution in [3.8, 4) is 0 Å². The highest BCUT2D eigenvalue weighted by molar-refractivity contribution is 9.10. The fraction of sp³-hybridized carbons (Fsp3) is 0.625. The van der Waals surface area contributed by atoms with E-state index in [2.05, 4.69) is 46.4 Å². The van der Waals surface area contributed by atoms with E-state index in [0.717, 1.165) is 10.0 Å². The van der Waals surface area contributed by atoms with Gasteiger partial charge in [-0.05, 0) is 37.0 Å². The molecule has 0 saturated heterocycles. The highest BCUT2D eigenvalue weighted by Crippen LogP contribution is 2.26. The van der Waals surface area contributed by atoms with Gasteiger partial charge in [0.2, 0.25) is 0 Å². The Morgan fingerprint density at radius 1 is 1.26 bits per heavy atom. The highest BCUT2D eigenvalue weighted by Gasteiger charge is 2.19. The van der Waals surface area contributed by atoms with Crippen LogP contribution in [0.2, 0.25) is 0 Å². The van der Waals surface area contributed by atoms with Gasteiger partial charge in [-0.15, -0.1) is 0 Å². The summed E-state index contributed by atoms with van der Waals surface area (Å²) in [5, 5.41) is 13.3. The van der Waals surface area contributed by atoms with Crippen LogP contribution in [0.1, 0.15) is 55.7 Å². The zero-order valence-electron chi connectivity index (χ0n) is 11.7. The molecule has 1 aliphatic carbocycles. The summed E-state index contributed by atoms with van der Waals surface area (Å²) in [6.07, 6.45) is 7.81. The molecule has 0 spiro atoms. The summed E-state index contributed by atoms with van der Waals surface area (Å²) in [6.45, 7) is 2.24. The molecule has 1 aliphatic rings. The average Bonchev–Trinajstić information content (AvgIpc) is 2.65. The third kappa shape index (κ3) is 4.30. The zero-order valence-corrected chi connectivity index (χ0v) is 13.2. The van der Waals surface area contributed by atoms with E-state index in [9.17, 15) is 5.11 Å². The molecular formula is C16H24BrNO. The van der Waals surface area contributed by atoms with Crippen LogP contribution >= 0.6 is 15.9 Å². The normalized spacial score (nSPS) is 19.1. The molecular weight excluding hydrogens is 302 g/mol. The van der Waals surface area contributed by atoms with Crippen LogP contribution in [-0.2, 0) is 0 Å². The van der Waals surface area contributed by atoms with Crippen LogP contribution in [0.5, 0.6) is 0 Å². The van der Waals surface area contributed by atoms with Crippen LogP contribution in [0.15, 0.2) is 22.7 Å². The minimum Gasteiger partial charge on any atom is -0.394 e. The Morgan fingerprint density at radius 2 is 1.95 bits per heavy atom. The standard InChI is InChI=1S/C16H24BrNO/c1-12-8-9-14(15(17)10-12)16(11-19)18-13-6-4-2-3-5-7-13/h8-10,13,16,18-19H,2-7,11H2,1H3. The molecule has 1 atom stereocenters. The third-order valence-corrected chi connectivity index (χ3v) is 4.69. The average molecular weight is 326 g/mol. The number of hydrogen-bond donors (Lipinski definition) is 2. The SMILES string of the molecule is Cc1ccc(C(CO)NC2CCCCCC2)c(Br)c1. The van der Waals surface area contributed by atoms with Gasteiger partial charge >= 0.3 is 0 Å². The summed E-state index contributed by atoms with van der Waals surface area (Å²) >= 11 is 3.62. The molecule has 2 N–H and O–H groups in total. The maximum atomic E-state index is 9.69. The van der Waals surface area contributed by atoms with Crippen molar-refractivity contribution in [2.45, 2.75) is 57.5 Å². The topological polar surface area (TPSA) is 32.3 Å². The van der Waals surface area contributed by atoms with E-state index < -0.39 is 0 Å². The summed E-state index contributed by atoms with van der Waals surface area (Å²) in [7, 11) is 0. The molecule has 1 fully saturated rings. The summed E-state index contributed by atoms with van der Waals surface area (Å²) in [5.41, 5.74) is 2.40. The zero-order chi connectivity index (χ0) is 13.7. The predicted octanol–water partition coefficient (Wildman–Crippen LogP) is 4.10. The van der Waals surface area contributed by atoms with E-state index in [4.69, 9.17) is 0 Å². The van der Waals surface area contributed by atoms with E-state index >= 15 is 0 Å². The Labute approximate surface area is 124 Å². The Morgan fingerprint density at radius 3 is 2.53 bits per heavy atom. The molecule has 2 nitrogen and oxygen atoms in total. The first kappa shape index (κ1) is 15.0. The van der Waals surface area contributed by atoms with Crippen LogP contribution in [-0.4, -0.2) is 17.8 Å². The second kappa shape index (κ2) is 7.41. The molecule has 0 aromatic heterocycles. The molecule has 0 aliphatic heterocycles. The van der Waals surface area contributed by atoms with Crippen molar-refractivity contribution in [1.29, 1.82) is 0 Å². The van der Waals surface area contributed by atoms with Crippen molar-refractivity contribution in [2.24, 2.45) is 0 Å². The Hall–Kier alpha value is -0.380. The Bertz CT molecular complexity index is 400. The molecule has 0 radical (unpaired) electrons. The van der Waals surface area contributed by atoms with Crippen molar-refractivity contribution >= 4 is 15.9 Å². The van der Waals surface area contributed by atoms with E-state index in [-0.39, 0.29) is 12.6 Å². The highest BCUT2D eigenvalue weighted by atomic mass is 79.9. The maximum Gasteiger partial charge on any atom is 0.0627 e. The van der Waals surface area contributed by atoms with Crippen LogP contribution in [0.3, 0.4) is 0 Å². The first-order valence-corrected chi connectivity index (χ1v) is 8.13. The Balaban J connectivity index is 2.06. The van der Waals surface area contributed by atoms with Gasteiger partial charge in [0, 0.05) is 10.5 Å². The van der Waals surface area contributed by atoms with E-state index in [0.29, 0.717) is 6.04 Å². The van der Waals surface area contributed by atoms with Gasteiger partial charge in [-0.1, -0.05) is 53.7 Å². The smallest absolute Gasteiger partial charge is 0.0627 e. The lowest BCUT2D eigenvalue weighted by molar-refractivity contribution is 0.228. The first-order chi connectivity index (χ1) is 9.20. The van der Waals surface area contributed by atoms with Gasteiger partial charge in [-0.3, -0.25) is 0 Å². The number of aliphatic hydroxyl groups is 1. The fourth-order valence-corrected chi connectivity index (χ4v) is 3.66. The molecule has 106 valence electrons. The van der Waals surface area contributed by atoms with Crippen LogP contribution < -0.4 is 5.32 Å². The quantitative estimate of drug-likeness (QED) is 0.817. The van der Waals surface area contributed by atoms with Gasteiger partial charge in [0.1, 0.15) is 0 Å². The van der Waals surface area contributed by atoms with Crippen molar-refractivity contribution < 1.29 is 5.11 Å². The largest absolute Gasteiger partial charge is 0.394 e. The fourth-order valence-electron chi connectivity index (χ4n) is 2.89. The number of rotatable bonds is 4. The molecule has 19 heavy (non-hydrogen) atoms. The number of nitrogens with one attached hydrogen (secondary N) is 1. The van der Waals surface area contributed by atoms with Gasteiger partial charge in [-0.25, -0.2) is 0 Å². The van der Waals surface area contributed by atoms with E-state index in [1.165, 1.54) is 44.1 Å². The maximum absolute atomic E-state index is 9.69. The lowest BCUT2D eigenvalue weighted by Gasteiger charge is -2.25. The number of aliphatic hydroxyl groups excluding tert-OH is 1. The van der Waals surface area contributed by atoms with Crippen LogP contribution in [0.4, 0.5) is 0 Å². The second-order valence-electron chi connectivity index (χ2n) is 5.62. The Kier molecular flexibility index (Phi) is 5.86. The van der Waals surface area contributed by atoms with Gasteiger partial charge in [0.25, 0.3) is 0 Å². The van der Waals surface area contributed by atoms with Crippen molar-refractivity contribution in [2.75, 3.05) is 6.61 Å². The summed E-state index contributed by atoms with van der Waals surface area (Å²) in [5.74, 6) is 0. The van der Waals surface area contributed by atoms with Gasteiger partial charge in [0.15, 0.2) is 0 Å². The van der Waals surface area contributed by atoms with Gasteiger partial charge < -0.3 is 10.4 Å². The molecule has 1 aromatic rings. The monoisotopic (exact) mass is 325 g/mol. The number of halogens is 1. The summed E-state index contributed by atoms with van der Waals surface area (Å²) in [4.78, 5) is 0.